The summed E-state index contributed by atoms with van der Waals surface area (Å²) in [6.07, 6.45) is 0. The van der Waals surface area contributed by atoms with Crippen molar-refractivity contribution >= 4 is 82.3 Å². The molecule has 4 nitrogen and oxygen atoms in total. The summed E-state index contributed by atoms with van der Waals surface area (Å²) in [6.45, 7) is 3.64. The van der Waals surface area contributed by atoms with Crippen LogP contribution < -0.4 is 10.6 Å². The summed E-state index contributed by atoms with van der Waals surface area (Å²) in [4.78, 5) is 16.6. The number of fused-ring (bicyclic) bond motifs is 1. The number of nitrogens with zero attached hydrogens (tertiary/aromatic N) is 1. The van der Waals surface area contributed by atoms with Crippen molar-refractivity contribution in [3.8, 4) is 10.6 Å². The molecule has 0 unspecified atom stereocenters. The van der Waals surface area contributed by atoms with E-state index in [0.29, 0.717) is 0 Å². The molecule has 0 saturated carbocycles. The second-order valence-corrected chi connectivity index (χ2v) is 9.10. The third kappa shape index (κ3) is 4.31. The molecule has 0 bridgehead atoms. The third-order valence-electron chi connectivity index (χ3n) is 3.58. The van der Waals surface area contributed by atoms with Gasteiger partial charge < -0.3 is 10.6 Å². The standard InChI is InChI=1S/C18H15Br2N3OS2/c1-9(2)16(24)23-18(25)22-15-11(7-10(19)8-12(15)20)17-21-13-5-3-4-6-14(13)26-17/h3-9H,1-2H3,(H2,22,23,24,25). The van der Waals surface area contributed by atoms with Gasteiger partial charge in [-0.2, -0.15) is 0 Å². The summed E-state index contributed by atoms with van der Waals surface area (Å²) in [5.41, 5.74) is 2.61. The second kappa shape index (κ2) is 8.12. The molecular weight excluding hydrogens is 498 g/mol. The molecule has 0 fully saturated rings. The van der Waals surface area contributed by atoms with Gasteiger partial charge in [0.25, 0.3) is 0 Å². The Morgan fingerprint density at radius 2 is 1.96 bits per heavy atom. The van der Waals surface area contributed by atoms with Crippen LogP contribution in [-0.4, -0.2) is 16.0 Å². The zero-order valence-corrected chi connectivity index (χ0v) is 18.8. The fourth-order valence-corrected chi connectivity index (χ4v) is 4.77. The van der Waals surface area contributed by atoms with Crippen molar-refractivity contribution < 1.29 is 4.79 Å². The Kier molecular flexibility index (Phi) is 6.06. The number of carbonyl (C=O) groups is 1. The molecule has 8 heteroatoms. The fraction of sp³-hybridized carbons (Fsp3) is 0.167. The number of thiazole rings is 1. The highest BCUT2D eigenvalue weighted by Gasteiger charge is 2.17. The Bertz CT molecular complexity index is 968. The monoisotopic (exact) mass is 511 g/mol. The Morgan fingerprint density at radius 1 is 1.23 bits per heavy atom. The molecule has 3 rings (SSSR count). The van der Waals surface area contributed by atoms with Crippen LogP contribution >= 0.6 is 55.4 Å². The highest BCUT2D eigenvalue weighted by molar-refractivity contribution is 9.11. The van der Waals surface area contributed by atoms with E-state index in [4.69, 9.17) is 17.2 Å². The number of benzene rings is 2. The molecule has 1 aromatic heterocycles. The van der Waals surface area contributed by atoms with Gasteiger partial charge in [-0.25, -0.2) is 4.98 Å². The van der Waals surface area contributed by atoms with E-state index < -0.39 is 0 Å². The predicted octanol–water partition coefficient (Wildman–Crippen LogP) is 5.96. The Labute approximate surface area is 177 Å². The number of amides is 1. The Balaban J connectivity index is 2.00. The van der Waals surface area contributed by atoms with Crippen LogP contribution in [0.1, 0.15) is 13.8 Å². The van der Waals surface area contributed by atoms with Crippen molar-refractivity contribution in [2.75, 3.05) is 5.32 Å². The van der Waals surface area contributed by atoms with Gasteiger partial charge in [0.2, 0.25) is 5.91 Å². The zero-order chi connectivity index (χ0) is 18.8. The number of halogens is 2. The van der Waals surface area contributed by atoms with Gasteiger partial charge in [-0.05, 0) is 52.4 Å². The highest BCUT2D eigenvalue weighted by atomic mass is 79.9. The number of hydrogen-bond acceptors (Lipinski definition) is 4. The van der Waals surface area contributed by atoms with E-state index >= 15 is 0 Å². The Hall–Kier alpha value is -1.35. The average Bonchev–Trinajstić information content (AvgIpc) is 3.00. The first-order valence-electron chi connectivity index (χ1n) is 7.82. The summed E-state index contributed by atoms with van der Waals surface area (Å²) in [5.74, 6) is -0.274. The van der Waals surface area contributed by atoms with Crippen LogP contribution in [0.5, 0.6) is 0 Å². The van der Waals surface area contributed by atoms with Gasteiger partial charge in [-0.1, -0.05) is 41.9 Å². The summed E-state index contributed by atoms with van der Waals surface area (Å²) >= 11 is 14.0. The Morgan fingerprint density at radius 3 is 2.65 bits per heavy atom. The van der Waals surface area contributed by atoms with Crippen molar-refractivity contribution in [3.63, 3.8) is 0 Å². The molecule has 0 radical (unpaired) electrons. The minimum Gasteiger partial charge on any atom is -0.331 e. The molecule has 2 N–H and O–H groups in total. The van der Waals surface area contributed by atoms with Crippen LogP contribution in [0.2, 0.25) is 0 Å². The maximum Gasteiger partial charge on any atom is 0.228 e. The number of anilines is 1. The van der Waals surface area contributed by atoms with E-state index in [-0.39, 0.29) is 16.9 Å². The highest BCUT2D eigenvalue weighted by Crippen LogP contribution is 2.40. The lowest BCUT2D eigenvalue weighted by Gasteiger charge is -2.15. The van der Waals surface area contributed by atoms with Gasteiger partial charge in [-0.15, -0.1) is 11.3 Å². The van der Waals surface area contributed by atoms with Crippen molar-refractivity contribution in [2.45, 2.75) is 13.8 Å². The van der Waals surface area contributed by atoms with E-state index in [0.717, 1.165) is 35.4 Å². The zero-order valence-electron chi connectivity index (χ0n) is 14.0. The number of para-hydroxylation sites is 1. The van der Waals surface area contributed by atoms with Gasteiger partial charge in [0, 0.05) is 20.4 Å². The van der Waals surface area contributed by atoms with Crippen molar-refractivity contribution in [2.24, 2.45) is 5.92 Å². The van der Waals surface area contributed by atoms with E-state index in [9.17, 15) is 4.79 Å². The molecule has 2 aromatic carbocycles. The SMILES string of the molecule is CC(C)C(=O)NC(=S)Nc1c(Br)cc(Br)cc1-c1nc2ccccc2s1. The molecule has 0 aliphatic carbocycles. The lowest BCUT2D eigenvalue weighted by molar-refractivity contribution is -0.122. The van der Waals surface area contributed by atoms with Gasteiger partial charge in [0.1, 0.15) is 5.01 Å². The molecule has 134 valence electrons. The number of aromatic nitrogens is 1. The van der Waals surface area contributed by atoms with Crippen LogP contribution in [0.15, 0.2) is 45.3 Å². The van der Waals surface area contributed by atoms with Crippen LogP contribution in [0.3, 0.4) is 0 Å². The maximum absolute atomic E-state index is 11.9. The smallest absolute Gasteiger partial charge is 0.228 e. The fourth-order valence-electron chi connectivity index (χ4n) is 2.26. The number of rotatable bonds is 3. The van der Waals surface area contributed by atoms with Gasteiger partial charge in [0.15, 0.2) is 5.11 Å². The minimum atomic E-state index is -0.146. The van der Waals surface area contributed by atoms with Crippen molar-refractivity contribution in [3.05, 3.63) is 45.3 Å². The molecule has 3 aromatic rings. The average molecular weight is 513 g/mol. The first-order valence-corrected chi connectivity index (χ1v) is 10.6. The van der Waals surface area contributed by atoms with Crippen LogP contribution in [0, 0.1) is 5.92 Å². The molecule has 26 heavy (non-hydrogen) atoms. The predicted molar refractivity (Wildman–Crippen MR) is 120 cm³/mol. The summed E-state index contributed by atoms with van der Waals surface area (Å²) in [6, 6.07) is 11.9. The molecule has 0 spiro atoms. The molecular formula is C18H15Br2N3OS2. The number of hydrogen-bond donors (Lipinski definition) is 2. The second-order valence-electron chi connectivity index (χ2n) is 5.89. The maximum atomic E-state index is 11.9. The molecule has 1 amide bonds. The topological polar surface area (TPSA) is 54.0 Å². The van der Waals surface area contributed by atoms with Gasteiger partial charge >= 0.3 is 0 Å². The van der Waals surface area contributed by atoms with Crippen LogP contribution in [-0.2, 0) is 4.79 Å². The van der Waals surface area contributed by atoms with E-state index in [1.807, 2.05) is 50.2 Å². The summed E-state index contributed by atoms with van der Waals surface area (Å²) in [5, 5.41) is 6.97. The first-order chi connectivity index (χ1) is 12.3. The quantitative estimate of drug-likeness (QED) is 0.425. The lowest BCUT2D eigenvalue weighted by Crippen LogP contribution is -2.36. The van der Waals surface area contributed by atoms with E-state index in [1.165, 1.54) is 0 Å². The summed E-state index contributed by atoms with van der Waals surface area (Å²) in [7, 11) is 0. The minimum absolute atomic E-state index is 0.128. The molecule has 1 heterocycles. The number of carbonyl (C=O) groups excluding carboxylic acids is 1. The molecule has 0 atom stereocenters. The molecule has 0 aliphatic rings. The molecule has 0 aliphatic heterocycles. The van der Waals surface area contributed by atoms with Crippen LogP contribution in [0.4, 0.5) is 5.69 Å². The van der Waals surface area contributed by atoms with Gasteiger partial charge in [0.05, 0.1) is 15.9 Å². The summed E-state index contributed by atoms with van der Waals surface area (Å²) < 4.78 is 2.85. The van der Waals surface area contributed by atoms with Crippen molar-refractivity contribution in [1.82, 2.24) is 10.3 Å². The molecule has 0 saturated heterocycles. The van der Waals surface area contributed by atoms with E-state index in [1.54, 1.807) is 11.3 Å². The number of thiocarbonyl (C=S) groups is 1. The number of nitrogens with one attached hydrogen (secondary N) is 2. The first kappa shape index (κ1) is 19.4. The van der Waals surface area contributed by atoms with Gasteiger partial charge in [-0.3, -0.25) is 4.79 Å². The lowest BCUT2D eigenvalue weighted by atomic mass is 10.2. The third-order valence-corrected chi connectivity index (χ3v) is 5.94. The van der Waals surface area contributed by atoms with E-state index in [2.05, 4.69) is 42.5 Å². The normalized spacial score (nSPS) is 11.0. The van der Waals surface area contributed by atoms with Crippen LogP contribution in [0.25, 0.3) is 20.8 Å². The van der Waals surface area contributed by atoms with Crippen molar-refractivity contribution in [1.29, 1.82) is 0 Å². The largest absolute Gasteiger partial charge is 0.331 e.